The monoisotopic (exact) mass is 1070 g/mol. The molecule has 6 rings (SSSR count). The third-order valence-corrected chi connectivity index (χ3v) is 12.5. The van der Waals surface area contributed by atoms with E-state index in [1.807, 2.05) is 133 Å². The summed E-state index contributed by atoms with van der Waals surface area (Å²) in [5.41, 5.74) is 3.74. The minimum absolute atomic E-state index is 0.0336. The molecule has 0 spiro atoms. The predicted molar refractivity (Wildman–Crippen MR) is 295 cm³/mol. The number of para-hydroxylation sites is 2. The van der Waals surface area contributed by atoms with E-state index in [1.165, 1.54) is 13.8 Å². The number of hydrogen-bond acceptors (Lipinski definition) is 15. The lowest BCUT2D eigenvalue weighted by molar-refractivity contribution is -0.143. The Morgan fingerprint density at radius 1 is 0.385 bits per heavy atom. The molecule has 15 heteroatoms. The number of carbonyl (C=O) groups excluding carboxylic acids is 3. The SMILES string of the molecule is C=C(C)C(=O)OCC(O)COc1ccc(C(C)(C)c2ccc(OCC(COc3ccccc3)OC(=O)OC(COc3ccccc3)COc3ccc(C(C)(C)c4ccc(OCC(O)COC(=O)C(=C)C)cc4)cc3)cc2)cc1. The van der Waals surface area contributed by atoms with Gasteiger partial charge in [0, 0.05) is 22.0 Å². The molecule has 0 heterocycles. The van der Waals surface area contributed by atoms with Crippen molar-refractivity contribution in [2.45, 2.75) is 76.8 Å². The first-order valence-electron chi connectivity index (χ1n) is 25.5. The van der Waals surface area contributed by atoms with Crippen molar-refractivity contribution in [1.82, 2.24) is 0 Å². The summed E-state index contributed by atoms with van der Waals surface area (Å²) in [4.78, 5) is 36.9. The molecule has 0 aromatic heterocycles. The number of ether oxygens (including phenoxy) is 10. The van der Waals surface area contributed by atoms with Gasteiger partial charge in [0.15, 0.2) is 12.2 Å². The zero-order valence-electron chi connectivity index (χ0n) is 45.1. The van der Waals surface area contributed by atoms with Crippen LogP contribution in [0.1, 0.15) is 63.8 Å². The fourth-order valence-corrected chi connectivity index (χ4v) is 7.60. The minimum atomic E-state index is -0.997. The molecule has 0 saturated heterocycles. The summed E-state index contributed by atoms with van der Waals surface area (Å²) in [5, 5.41) is 20.4. The van der Waals surface area contributed by atoms with Gasteiger partial charge in [0.05, 0.1) is 0 Å². The number of benzene rings is 6. The van der Waals surface area contributed by atoms with Crippen molar-refractivity contribution in [3.63, 3.8) is 0 Å². The van der Waals surface area contributed by atoms with Gasteiger partial charge >= 0.3 is 18.1 Å². The van der Waals surface area contributed by atoms with Crippen LogP contribution in [0.15, 0.2) is 182 Å². The highest BCUT2D eigenvalue weighted by molar-refractivity contribution is 5.87. The molecule has 0 fully saturated rings. The maximum absolute atomic E-state index is 13.7. The predicted octanol–water partition coefficient (Wildman–Crippen LogP) is 10.6. The van der Waals surface area contributed by atoms with Crippen LogP contribution in [0.2, 0.25) is 0 Å². The normalized spacial score (nSPS) is 12.8. The molecule has 0 aliphatic carbocycles. The smallest absolute Gasteiger partial charge is 0.491 e. The fraction of sp³-hybridized carbons (Fsp3) is 0.317. The maximum Gasteiger partial charge on any atom is 0.509 e. The second kappa shape index (κ2) is 28.7. The van der Waals surface area contributed by atoms with Gasteiger partial charge < -0.3 is 57.6 Å². The maximum atomic E-state index is 13.7. The summed E-state index contributed by atoms with van der Waals surface area (Å²) >= 11 is 0. The highest BCUT2D eigenvalue weighted by atomic mass is 16.7. The van der Waals surface area contributed by atoms with Crippen LogP contribution in [0, 0.1) is 0 Å². The lowest BCUT2D eigenvalue weighted by Gasteiger charge is -2.27. The summed E-state index contributed by atoms with van der Waals surface area (Å²) in [6.07, 6.45) is -4.74. The Bertz CT molecular complexity index is 2640. The third-order valence-electron chi connectivity index (χ3n) is 12.5. The Balaban J connectivity index is 1.05. The van der Waals surface area contributed by atoms with E-state index in [9.17, 15) is 24.6 Å². The second-order valence-corrected chi connectivity index (χ2v) is 19.6. The zero-order valence-corrected chi connectivity index (χ0v) is 45.1. The lowest BCUT2D eigenvalue weighted by atomic mass is 9.78. The minimum Gasteiger partial charge on any atom is -0.491 e. The third kappa shape index (κ3) is 18.5. The van der Waals surface area contributed by atoms with Crippen LogP contribution in [-0.2, 0) is 39.4 Å². The molecular formula is C63H70O15. The largest absolute Gasteiger partial charge is 0.509 e. The van der Waals surface area contributed by atoms with Crippen molar-refractivity contribution in [1.29, 1.82) is 0 Å². The van der Waals surface area contributed by atoms with E-state index in [0.29, 0.717) is 34.5 Å². The van der Waals surface area contributed by atoms with Crippen molar-refractivity contribution < 1.29 is 72.0 Å². The van der Waals surface area contributed by atoms with Gasteiger partial charge in [-0.15, -0.1) is 0 Å². The van der Waals surface area contributed by atoms with E-state index in [-0.39, 0.29) is 64.0 Å². The lowest BCUT2D eigenvalue weighted by Crippen LogP contribution is -2.36. The Kier molecular flexibility index (Phi) is 21.7. The molecule has 4 atom stereocenters. The summed E-state index contributed by atoms with van der Waals surface area (Å²) in [6.45, 7) is 17.9. The van der Waals surface area contributed by atoms with E-state index in [2.05, 4.69) is 40.9 Å². The van der Waals surface area contributed by atoms with E-state index in [1.54, 1.807) is 24.3 Å². The van der Waals surface area contributed by atoms with E-state index < -0.39 is 53.3 Å². The molecule has 2 N–H and O–H groups in total. The number of hydrogen-bond donors (Lipinski definition) is 2. The topological polar surface area (TPSA) is 184 Å². The Hall–Kier alpha value is -8.27. The van der Waals surface area contributed by atoms with Crippen molar-refractivity contribution in [2.24, 2.45) is 0 Å². The molecule has 15 nitrogen and oxygen atoms in total. The van der Waals surface area contributed by atoms with Crippen LogP contribution in [-0.4, -0.2) is 106 Å². The van der Waals surface area contributed by atoms with Gasteiger partial charge in [0.25, 0.3) is 0 Å². The van der Waals surface area contributed by atoms with Crippen LogP contribution >= 0.6 is 0 Å². The molecule has 0 saturated carbocycles. The summed E-state index contributed by atoms with van der Waals surface area (Å²) in [6, 6.07) is 48.8. The average molecular weight is 1070 g/mol. The number of rotatable bonds is 30. The van der Waals surface area contributed by atoms with Gasteiger partial charge in [0.2, 0.25) is 0 Å². The molecular weight excluding hydrogens is 997 g/mol. The van der Waals surface area contributed by atoms with Gasteiger partial charge in [-0.05, 0) is 109 Å². The van der Waals surface area contributed by atoms with E-state index in [0.717, 1.165) is 22.3 Å². The Labute approximate surface area is 456 Å². The molecule has 6 aromatic carbocycles. The molecule has 412 valence electrons. The van der Waals surface area contributed by atoms with E-state index >= 15 is 0 Å². The summed E-state index contributed by atoms with van der Waals surface area (Å²) in [5.74, 6) is 2.22. The van der Waals surface area contributed by atoms with E-state index in [4.69, 9.17) is 47.4 Å². The van der Waals surface area contributed by atoms with Crippen LogP contribution < -0.4 is 28.4 Å². The Morgan fingerprint density at radius 2 is 0.628 bits per heavy atom. The first-order valence-corrected chi connectivity index (χ1v) is 25.5. The number of aliphatic hydroxyl groups is 2. The highest BCUT2D eigenvalue weighted by Gasteiger charge is 2.27. The van der Waals surface area contributed by atoms with Crippen molar-refractivity contribution in [2.75, 3.05) is 52.9 Å². The van der Waals surface area contributed by atoms with Gasteiger partial charge in [-0.1, -0.05) is 126 Å². The summed E-state index contributed by atoms with van der Waals surface area (Å²) in [7, 11) is 0. The standard InChI is InChI=1S/C63H70O15/c1-43(2)59(66)75-37-49(64)35-69-53-27-19-45(20-28-53)62(5,6)47-23-31-55(32-24-47)73-41-57(39-71-51-15-11-9-12-16-51)77-61(68)78-58(40-72-52-17-13-10-14-18-52)42-74-56-33-25-48(26-34-56)63(7,8)46-21-29-54(30-22-46)70-36-50(65)38-76-60(67)44(3)4/h9-34,49-50,57-58,64-65H,1,3,35-42H2,2,4-8H3. The van der Waals surface area contributed by atoms with Gasteiger partial charge in [-0.25, -0.2) is 14.4 Å². The second-order valence-electron chi connectivity index (χ2n) is 19.6. The molecule has 6 aromatic rings. The molecule has 78 heavy (non-hydrogen) atoms. The van der Waals surface area contributed by atoms with Crippen molar-refractivity contribution in [3.05, 3.63) is 204 Å². The van der Waals surface area contributed by atoms with Crippen LogP contribution in [0.3, 0.4) is 0 Å². The fourth-order valence-electron chi connectivity index (χ4n) is 7.60. The van der Waals surface area contributed by atoms with Crippen molar-refractivity contribution in [3.8, 4) is 34.5 Å². The molecule has 0 amide bonds. The quantitative estimate of drug-likeness (QED) is 0.0247. The van der Waals surface area contributed by atoms with Gasteiger partial charge in [0.1, 0.15) is 99.6 Å². The van der Waals surface area contributed by atoms with Gasteiger partial charge in [-0.3, -0.25) is 0 Å². The van der Waals surface area contributed by atoms with Gasteiger partial charge in [-0.2, -0.15) is 0 Å². The Morgan fingerprint density at radius 3 is 0.885 bits per heavy atom. The van der Waals surface area contributed by atoms with Crippen LogP contribution in [0.25, 0.3) is 0 Å². The van der Waals surface area contributed by atoms with Crippen LogP contribution in [0.4, 0.5) is 4.79 Å². The first kappa shape index (κ1) is 59.0. The molecule has 0 radical (unpaired) electrons. The highest BCUT2D eigenvalue weighted by Crippen LogP contribution is 2.35. The molecule has 0 bridgehead atoms. The van der Waals surface area contributed by atoms with Crippen LogP contribution in [0.5, 0.6) is 34.5 Å². The molecule has 0 aliphatic rings. The number of carbonyl (C=O) groups is 3. The average Bonchev–Trinajstić information content (AvgIpc) is 3.47. The number of aliphatic hydroxyl groups excluding tert-OH is 2. The van der Waals surface area contributed by atoms with Crippen molar-refractivity contribution >= 4 is 18.1 Å². The first-order chi connectivity index (χ1) is 37.3. The summed E-state index contributed by atoms with van der Waals surface area (Å²) < 4.78 is 57.6. The molecule has 4 unspecified atom stereocenters. The number of esters is 2. The zero-order chi connectivity index (χ0) is 56.1. The molecule has 0 aliphatic heterocycles.